The fourth-order valence-corrected chi connectivity index (χ4v) is 3.92. The van der Waals surface area contributed by atoms with Gasteiger partial charge in [0.05, 0.1) is 31.4 Å². The van der Waals surface area contributed by atoms with Gasteiger partial charge in [-0.1, -0.05) is 81.2 Å². The molecule has 1 heterocycles. The summed E-state index contributed by atoms with van der Waals surface area (Å²) in [6, 6.07) is 21.7. The van der Waals surface area contributed by atoms with Gasteiger partial charge in [0, 0.05) is 39.3 Å². The lowest BCUT2D eigenvalue weighted by Crippen LogP contribution is -2.05. The molecule has 0 fully saturated rings. The second-order valence-corrected chi connectivity index (χ2v) is 10.8. The van der Waals surface area contributed by atoms with Crippen molar-refractivity contribution < 1.29 is 22.8 Å². The zero-order valence-corrected chi connectivity index (χ0v) is 25.7. The summed E-state index contributed by atoms with van der Waals surface area (Å²) in [6.07, 6.45) is 4.52. The van der Waals surface area contributed by atoms with Gasteiger partial charge in [0.1, 0.15) is 5.69 Å². The number of aliphatic hydroxyl groups excluding tert-OH is 2. The summed E-state index contributed by atoms with van der Waals surface area (Å²) in [5, 5.41) is 35.6. The Morgan fingerprint density at radius 3 is 1.76 bits per heavy atom. The van der Waals surface area contributed by atoms with Crippen LogP contribution < -0.4 is 0 Å². The molecular weight excluding hydrogens is 616 g/mol. The molecule has 3 aromatic carbocycles. The lowest BCUT2D eigenvalue weighted by molar-refractivity contribution is 0.276. The monoisotopic (exact) mass is 648 g/mol. The molecule has 0 aliphatic rings. The van der Waals surface area contributed by atoms with Crippen LogP contribution in [0, 0.1) is 0 Å². The topological polar surface area (TPSA) is 261 Å². The standard InChI is InChI=1S/C11H12N6O.C9H11N3O3S.C8H9N3O/c12-15-13-6-5-9-1-3-11(4-2-9)17-7-10(8-18)14-16-17;1-16(13,14)15-7-6-8-2-4-9(5-3-8)11-12-10;9-11-10-8-3-1-7(2-4-8)5-6-12/h1-4,7,18H,5-6,8H2;2-5H,6-7H2,1H3;1-4,12H,5-6H2. The third-order valence-corrected chi connectivity index (χ3v) is 6.34. The average Bonchev–Trinajstić information content (AvgIpc) is 3.54. The Morgan fingerprint density at radius 2 is 1.30 bits per heavy atom. The molecule has 0 radical (unpaired) electrons. The van der Waals surface area contributed by atoms with E-state index in [0.717, 1.165) is 28.6 Å². The van der Waals surface area contributed by atoms with Crippen LogP contribution >= 0.6 is 0 Å². The lowest BCUT2D eigenvalue weighted by Gasteiger charge is -2.02. The van der Waals surface area contributed by atoms with E-state index in [4.69, 9.17) is 26.8 Å². The average molecular weight is 649 g/mol. The SMILES string of the molecule is CS(=O)(=O)OCCc1ccc(N=[N+]=[N-])cc1.[N-]=[N+]=NCCc1ccc(-n2cc(CO)nn2)cc1.[N-]=[N+]=Nc1ccc(CCO)cc1. The summed E-state index contributed by atoms with van der Waals surface area (Å²) in [5.41, 5.74) is 30.0. The maximum absolute atomic E-state index is 10.7. The van der Waals surface area contributed by atoms with Gasteiger partial charge in [-0.15, -0.1) is 5.10 Å². The second kappa shape index (κ2) is 20.5. The van der Waals surface area contributed by atoms with Gasteiger partial charge in [-0.05, 0) is 64.7 Å². The third-order valence-electron chi connectivity index (χ3n) is 5.75. The highest BCUT2D eigenvalue weighted by atomic mass is 32.2. The van der Waals surface area contributed by atoms with E-state index >= 15 is 0 Å². The number of aromatic nitrogens is 3. The van der Waals surface area contributed by atoms with Crippen LogP contribution in [0.1, 0.15) is 22.4 Å². The summed E-state index contributed by atoms with van der Waals surface area (Å²) < 4.78 is 27.6. The third kappa shape index (κ3) is 14.8. The van der Waals surface area contributed by atoms with Crippen molar-refractivity contribution in [1.29, 1.82) is 0 Å². The minimum atomic E-state index is -3.38. The lowest BCUT2D eigenvalue weighted by atomic mass is 10.1. The molecule has 1 aromatic heterocycles. The minimum Gasteiger partial charge on any atom is -0.396 e. The molecule has 2 N–H and O–H groups in total. The summed E-state index contributed by atoms with van der Waals surface area (Å²) in [7, 11) is -3.38. The van der Waals surface area contributed by atoms with Gasteiger partial charge in [-0.25, -0.2) is 4.68 Å². The minimum absolute atomic E-state index is 0.111. The Kier molecular flexibility index (Phi) is 16.4. The van der Waals surface area contributed by atoms with E-state index in [0.29, 0.717) is 42.9 Å². The molecule has 0 saturated carbocycles. The van der Waals surface area contributed by atoms with Crippen LogP contribution in [0.25, 0.3) is 37.0 Å². The van der Waals surface area contributed by atoms with E-state index in [1.54, 1.807) is 47.3 Å². The van der Waals surface area contributed by atoms with E-state index < -0.39 is 10.1 Å². The van der Waals surface area contributed by atoms with Crippen LogP contribution in [0.4, 0.5) is 11.4 Å². The van der Waals surface area contributed by atoms with Crippen LogP contribution in [-0.4, -0.2) is 59.6 Å². The summed E-state index contributed by atoms with van der Waals surface area (Å²) >= 11 is 0. The number of azide groups is 3. The molecule has 0 amide bonds. The van der Waals surface area contributed by atoms with E-state index in [1.165, 1.54) is 0 Å². The first-order valence-electron chi connectivity index (χ1n) is 13.6. The van der Waals surface area contributed by atoms with Crippen molar-refractivity contribution in [2.45, 2.75) is 25.9 Å². The highest BCUT2D eigenvalue weighted by Gasteiger charge is 2.03. The first-order chi connectivity index (χ1) is 22.2. The quantitative estimate of drug-likeness (QED) is 0.0763. The van der Waals surface area contributed by atoms with Gasteiger partial charge in [0.15, 0.2) is 0 Å². The van der Waals surface area contributed by atoms with Gasteiger partial charge in [-0.2, -0.15) is 8.42 Å². The van der Waals surface area contributed by atoms with Crippen molar-refractivity contribution >= 4 is 21.5 Å². The largest absolute Gasteiger partial charge is 0.396 e. The predicted molar refractivity (Wildman–Crippen MR) is 171 cm³/mol. The molecule has 46 heavy (non-hydrogen) atoms. The van der Waals surface area contributed by atoms with E-state index in [1.807, 2.05) is 36.4 Å². The van der Waals surface area contributed by atoms with Gasteiger partial charge in [-0.3, -0.25) is 4.18 Å². The molecule has 0 aliphatic carbocycles. The van der Waals surface area contributed by atoms with Crippen molar-refractivity contribution in [2.24, 2.45) is 15.3 Å². The van der Waals surface area contributed by atoms with Gasteiger partial charge in [0.25, 0.3) is 10.1 Å². The molecule has 0 aliphatic heterocycles. The van der Waals surface area contributed by atoms with E-state index in [-0.39, 0.29) is 19.8 Å². The van der Waals surface area contributed by atoms with Gasteiger partial charge in [0.2, 0.25) is 0 Å². The molecule has 4 rings (SSSR count). The van der Waals surface area contributed by atoms with E-state index in [9.17, 15) is 8.42 Å². The molecule has 0 bridgehead atoms. The van der Waals surface area contributed by atoms with Crippen molar-refractivity contribution in [2.75, 3.05) is 26.0 Å². The maximum atomic E-state index is 10.7. The summed E-state index contributed by atoms with van der Waals surface area (Å²) in [5.74, 6) is 0. The predicted octanol–water partition coefficient (Wildman–Crippen LogP) is 5.92. The summed E-state index contributed by atoms with van der Waals surface area (Å²) in [6.45, 7) is 0.582. The second-order valence-electron chi connectivity index (χ2n) is 9.14. The highest BCUT2D eigenvalue weighted by molar-refractivity contribution is 7.85. The molecule has 0 atom stereocenters. The molecule has 0 spiro atoms. The summed E-state index contributed by atoms with van der Waals surface area (Å²) in [4.78, 5) is 8.02. The smallest absolute Gasteiger partial charge is 0.264 e. The Balaban J connectivity index is 0.000000245. The van der Waals surface area contributed by atoms with Gasteiger partial charge >= 0.3 is 0 Å². The Morgan fingerprint density at radius 1 is 0.783 bits per heavy atom. The van der Waals surface area contributed by atoms with Crippen molar-refractivity contribution in [3.05, 3.63) is 133 Å². The zero-order chi connectivity index (χ0) is 33.6. The molecule has 18 heteroatoms. The van der Waals surface area contributed by atoms with Gasteiger partial charge < -0.3 is 10.2 Å². The molecule has 240 valence electrons. The van der Waals surface area contributed by atoms with E-state index in [2.05, 4.69) is 44.6 Å². The molecule has 4 aromatic rings. The Labute approximate surface area is 264 Å². The number of aliphatic hydroxyl groups is 2. The molecule has 0 saturated heterocycles. The number of benzene rings is 3. The zero-order valence-electron chi connectivity index (χ0n) is 24.8. The number of nitrogens with zero attached hydrogens (tertiary/aromatic N) is 12. The fraction of sp³-hybridized carbons (Fsp3) is 0.286. The normalized spacial score (nSPS) is 10.1. The van der Waals surface area contributed by atoms with Crippen molar-refractivity contribution in [1.82, 2.24) is 15.0 Å². The van der Waals surface area contributed by atoms with Crippen LogP contribution in [-0.2, 0) is 40.2 Å². The number of hydrogen-bond donors (Lipinski definition) is 2. The molecule has 17 nitrogen and oxygen atoms in total. The Hall–Kier alpha value is -5.44. The first kappa shape index (κ1) is 36.8. The molecular formula is C28H32N12O5S. The number of rotatable bonds is 13. The van der Waals surface area contributed by atoms with Crippen molar-refractivity contribution in [3.63, 3.8) is 0 Å². The first-order valence-corrected chi connectivity index (χ1v) is 15.4. The Bertz CT molecular complexity index is 1740. The highest BCUT2D eigenvalue weighted by Crippen LogP contribution is 2.14. The number of hydrogen-bond acceptors (Lipinski definition) is 10. The fourth-order valence-electron chi connectivity index (χ4n) is 3.54. The van der Waals surface area contributed by atoms with Crippen molar-refractivity contribution in [3.8, 4) is 5.69 Å². The maximum Gasteiger partial charge on any atom is 0.264 e. The van der Waals surface area contributed by atoms with Crippen LogP contribution in [0.15, 0.2) is 94.3 Å². The van der Waals surface area contributed by atoms with Crippen LogP contribution in [0.3, 0.4) is 0 Å². The molecule has 0 unspecified atom stereocenters. The van der Waals surface area contributed by atoms with Crippen LogP contribution in [0.2, 0.25) is 0 Å². The van der Waals surface area contributed by atoms with Crippen LogP contribution in [0.5, 0.6) is 0 Å².